The van der Waals surface area contributed by atoms with E-state index in [1.165, 1.54) is 21.5 Å². The van der Waals surface area contributed by atoms with E-state index in [2.05, 4.69) is 51.1 Å². The van der Waals surface area contributed by atoms with Gasteiger partial charge < -0.3 is 10.7 Å². The van der Waals surface area contributed by atoms with E-state index in [-0.39, 0.29) is 17.7 Å². The van der Waals surface area contributed by atoms with Crippen molar-refractivity contribution in [2.45, 2.75) is 20.4 Å². The van der Waals surface area contributed by atoms with Crippen molar-refractivity contribution < 1.29 is 0 Å². The van der Waals surface area contributed by atoms with Crippen molar-refractivity contribution in [3.63, 3.8) is 0 Å². The number of aromatic nitrogens is 6. The Bertz CT molecular complexity index is 1730. The van der Waals surface area contributed by atoms with Gasteiger partial charge in [0.1, 0.15) is 11.2 Å². The lowest BCUT2D eigenvalue weighted by Crippen LogP contribution is -2.29. The SMILES string of the molecule is C=CCn1c(=O)c2cnc(Nc3ccc(NN(CC)CC)cc3)nc2n1-c1cccc(-n2ccccc2=O)n1. The fourth-order valence-corrected chi connectivity index (χ4v) is 4.21. The van der Waals surface area contributed by atoms with E-state index in [0.717, 1.165) is 24.5 Å². The van der Waals surface area contributed by atoms with Crippen LogP contribution >= 0.6 is 0 Å². The number of benzene rings is 1. The minimum atomic E-state index is -0.271. The Labute approximate surface area is 224 Å². The maximum absolute atomic E-state index is 13.3. The van der Waals surface area contributed by atoms with E-state index in [1.807, 2.05) is 24.3 Å². The van der Waals surface area contributed by atoms with E-state index >= 15 is 0 Å². The molecular weight excluding hydrogens is 494 g/mol. The summed E-state index contributed by atoms with van der Waals surface area (Å²) in [5, 5.41) is 5.65. The zero-order chi connectivity index (χ0) is 27.4. The van der Waals surface area contributed by atoms with Gasteiger partial charge in [-0.3, -0.25) is 14.2 Å². The first-order valence-electron chi connectivity index (χ1n) is 12.7. The highest BCUT2D eigenvalue weighted by Crippen LogP contribution is 2.20. The van der Waals surface area contributed by atoms with Gasteiger partial charge in [0.15, 0.2) is 11.5 Å². The molecule has 0 unspecified atom stereocenters. The molecule has 0 aliphatic heterocycles. The minimum absolute atomic E-state index is 0.213. The Hall–Kier alpha value is -5.03. The zero-order valence-corrected chi connectivity index (χ0v) is 21.8. The van der Waals surface area contributed by atoms with Gasteiger partial charge >= 0.3 is 0 Å². The van der Waals surface area contributed by atoms with Gasteiger partial charge in [-0.1, -0.05) is 32.1 Å². The molecule has 4 aromatic heterocycles. The van der Waals surface area contributed by atoms with Crippen molar-refractivity contribution in [1.82, 2.24) is 33.9 Å². The molecule has 0 atom stereocenters. The van der Waals surface area contributed by atoms with Crippen LogP contribution in [0.1, 0.15) is 13.8 Å². The number of pyridine rings is 2. The third kappa shape index (κ3) is 5.20. The fourth-order valence-electron chi connectivity index (χ4n) is 4.21. The standard InChI is InChI=1S/C28H29N9O2/c1-4-17-36-27(39)22-19-29-28(30-20-13-15-21(16-14-20)33-34(5-2)6-3)32-26(22)37(36)24-11-9-10-23(31-24)35-18-8-7-12-25(35)38/h4,7-16,18-19,33H,1,5-6,17H2,2-3H3,(H,29,30,32). The molecule has 5 rings (SSSR count). The third-order valence-electron chi connectivity index (χ3n) is 6.18. The van der Waals surface area contributed by atoms with Crippen LogP contribution in [0, 0.1) is 0 Å². The Morgan fingerprint density at radius 3 is 2.38 bits per heavy atom. The second-order valence-electron chi connectivity index (χ2n) is 8.67. The molecule has 5 aromatic rings. The van der Waals surface area contributed by atoms with E-state index in [1.54, 1.807) is 47.3 Å². The molecule has 0 amide bonds. The van der Waals surface area contributed by atoms with Crippen LogP contribution in [0.2, 0.25) is 0 Å². The summed E-state index contributed by atoms with van der Waals surface area (Å²) in [6.45, 7) is 9.98. The predicted molar refractivity (Wildman–Crippen MR) is 153 cm³/mol. The zero-order valence-electron chi connectivity index (χ0n) is 21.8. The molecule has 1 aromatic carbocycles. The van der Waals surface area contributed by atoms with Gasteiger partial charge in [0, 0.05) is 42.9 Å². The molecule has 11 nitrogen and oxygen atoms in total. The predicted octanol–water partition coefficient (Wildman–Crippen LogP) is 3.73. The van der Waals surface area contributed by atoms with Crippen LogP contribution < -0.4 is 21.9 Å². The van der Waals surface area contributed by atoms with Gasteiger partial charge in [0.05, 0.1) is 6.54 Å². The van der Waals surface area contributed by atoms with Crippen LogP contribution in [0.15, 0.2) is 95.3 Å². The molecule has 198 valence electrons. The quantitative estimate of drug-likeness (QED) is 0.210. The summed E-state index contributed by atoms with van der Waals surface area (Å²) in [5.41, 5.74) is 5.02. The topological polar surface area (TPSA) is 115 Å². The monoisotopic (exact) mass is 523 g/mol. The van der Waals surface area contributed by atoms with Crippen molar-refractivity contribution in [1.29, 1.82) is 0 Å². The number of hydrogen-bond acceptors (Lipinski definition) is 8. The molecule has 0 spiro atoms. The Kier molecular flexibility index (Phi) is 7.32. The molecule has 39 heavy (non-hydrogen) atoms. The third-order valence-corrected chi connectivity index (χ3v) is 6.18. The lowest BCUT2D eigenvalue weighted by molar-refractivity contribution is 0.367. The van der Waals surface area contributed by atoms with E-state index in [4.69, 9.17) is 0 Å². The average Bonchev–Trinajstić information content (AvgIpc) is 3.23. The maximum atomic E-state index is 13.3. The molecule has 4 heterocycles. The Balaban J connectivity index is 1.54. The van der Waals surface area contributed by atoms with Crippen LogP contribution in [0.25, 0.3) is 22.7 Å². The van der Waals surface area contributed by atoms with Crippen LogP contribution in [0.3, 0.4) is 0 Å². The molecule has 0 saturated carbocycles. The average molecular weight is 524 g/mol. The molecule has 0 saturated heterocycles. The highest BCUT2D eigenvalue weighted by Gasteiger charge is 2.18. The molecule has 11 heteroatoms. The van der Waals surface area contributed by atoms with Gasteiger partial charge in [-0.05, 0) is 42.5 Å². The largest absolute Gasteiger partial charge is 0.324 e. The molecular formula is C28H29N9O2. The first kappa shape index (κ1) is 25.6. The van der Waals surface area contributed by atoms with Crippen LogP contribution in [0.4, 0.5) is 17.3 Å². The van der Waals surface area contributed by atoms with Crippen molar-refractivity contribution >= 4 is 28.4 Å². The molecule has 0 bridgehead atoms. The second kappa shape index (κ2) is 11.2. The van der Waals surface area contributed by atoms with Gasteiger partial charge in [0.25, 0.3) is 11.1 Å². The van der Waals surface area contributed by atoms with Crippen molar-refractivity contribution in [3.8, 4) is 11.6 Å². The minimum Gasteiger partial charge on any atom is -0.324 e. The summed E-state index contributed by atoms with van der Waals surface area (Å²) in [7, 11) is 0. The number of nitrogens with zero attached hydrogens (tertiary/aromatic N) is 7. The normalized spacial score (nSPS) is 11.2. The number of allylic oxidation sites excluding steroid dienone is 1. The van der Waals surface area contributed by atoms with Crippen LogP contribution in [0.5, 0.6) is 0 Å². The molecule has 0 aliphatic rings. The number of anilines is 3. The first-order chi connectivity index (χ1) is 19.0. The maximum Gasteiger partial charge on any atom is 0.278 e. The Morgan fingerprint density at radius 2 is 1.67 bits per heavy atom. The summed E-state index contributed by atoms with van der Waals surface area (Å²) in [5.74, 6) is 1.17. The van der Waals surface area contributed by atoms with Gasteiger partial charge in [-0.25, -0.2) is 24.3 Å². The summed E-state index contributed by atoms with van der Waals surface area (Å²) in [6.07, 6.45) is 4.78. The number of rotatable bonds is 10. The van der Waals surface area contributed by atoms with Crippen LogP contribution in [-0.4, -0.2) is 47.0 Å². The lowest BCUT2D eigenvalue weighted by Gasteiger charge is -2.20. The smallest absolute Gasteiger partial charge is 0.278 e. The molecule has 0 aliphatic carbocycles. The Morgan fingerprint density at radius 1 is 0.923 bits per heavy atom. The lowest BCUT2D eigenvalue weighted by atomic mass is 10.3. The fraction of sp³-hybridized carbons (Fsp3) is 0.179. The molecule has 0 fully saturated rings. The van der Waals surface area contributed by atoms with Gasteiger partial charge in [-0.2, -0.15) is 4.98 Å². The first-order valence-corrected chi connectivity index (χ1v) is 12.7. The number of nitrogens with one attached hydrogen (secondary N) is 2. The highest BCUT2D eigenvalue weighted by molar-refractivity contribution is 5.77. The molecule has 2 N–H and O–H groups in total. The van der Waals surface area contributed by atoms with E-state index < -0.39 is 0 Å². The number of hydrogen-bond donors (Lipinski definition) is 2. The van der Waals surface area contributed by atoms with Crippen molar-refractivity contribution in [2.75, 3.05) is 23.8 Å². The highest BCUT2D eigenvalue weighted by atomic mass is 16.1. The van der Waals surface area contributed by atoms with E-state index in [0.29, 0.717) is 28.6 Å². The summed E-state index contributed by atoms with van der Waals surface area (Å²) < 4.78 is 4.55. The second-order valence-corrected chi connectivity index (χ2v) is 8.67. The van der Waals surface area contributed by atoms with Crippen LogP contribution in [-0.2, 0) is 6.54 Å². The molecule has 0 radical (unpaired) electrons. The van der Waals surface area contributed by atoms with E-state index in [9.17, 15) is 9.59 Å². The number of hydrazine groups is 1. The van der Waals surface area contributed by atoms with Gasteiger partial charge in [0.2, 0.25) is 5.95 Å². The van der Waals surface area contributed by atoms with Crippen molar-refractivity contribution in [2.24, 2.45) is 0 Å². The number of fused-ring (bicyclic) bond motifs is 1. The van der Waals surface area contributed by atoms with Crippen molar-refractivity contribution in [3.05, 3.63) is 106 Å². The summed E-state index contributed by atoms with van der Waals surface area (Å²) in [4.78, 5) is 39.4. The summed E-state index contributed by atoms with van der Waals surface area (Å²) in [6, 6.07) is 17.9. The summed E-state index contributed by atoms with van der Waals surface area (Å²) >= 11 is 0. The van der Waals surface area contributed by atoms with Gasteiger partial charge in [-0.15, -0.1) is 6.58 Å².